The summed E-state index contributed by atoms with van der Waals surface area (Å²) in [5.74, 6) is 0.736. The molecular formula is C23H28N4O3S2. The number of aromatic nitrogens is 1. The van der Waals surface area contributed by atoms with Gasteiger partial charge >= 0.3 is 0 Å². The molecule has 7 nitrogen and oxygen atoms in total. The van der Waals surface area contributed by atoms with Crippen molar-refractivity contribution in [3.8, 4) is 5.75 Å². The minimum absolute atomic E-state index is 0.256. The molecule has 0 aliphatic carbocycles. The molecule has 1 fully saturated rings. The number of nitrogens with zero attached hydrogens (tertiary/aromatic N) is 3. The molecule has 0 spiro atoms. The number of hydrogen-bond donors (Lipinski definition) is 3. The molecule has 170 valence electrons. The number of carbonyl (C=O) groups is 1. The number of aryl methyl sites for hydroxylation is 2. The van der Waals surface area contributed by atoms with Crippen LogP contribution in [0, 0.1) is 13.8 Å². The second-order valence-electron chi connectivity index (χ2n) is 8.04. The van der Waals surface area contributed by atoms with E-state index in [1.54, 1.807) is 11.3 Å². The van der Waals surface area contributed by atoms with Crippen LogP contribution in [0.1, 0.15) is 10.6 Å². The molecule has 2 N–H and O–H groups in total. The maximum absolute atomic E-state index is 11.2. The minimum atomic E-state index is -0.555. The van der Waals surface area contributed by atoms with E-state index in [2.05, 4.69) is 38.8 Å². The molecule has 2 aromatic carbocycles. The molecule has 1 atom stereocenters. The van der Waals surface area contributed by atoms with E-state index in [1.165, 1.54) is 0 Å². The zero-order valence-electron chi connectivity index (χ0n) is 18.2. The third kappa shape index (κ3) is 5.72. The number of thiol groups is 1. The number of benzene rings is 2. The Morgan fingerprint density at radius 3 is 2.72 bits per heavy atom. The van der Waals surface area contributed by atoms with Crippen LogP contribution < -0.4 is 15.0 Å². The first-order valence-corrected chi connectivity index (χ1v) is 11.9. The molecule has 3 aromatic rings. The van der Waals surface area contributed by atoms with Crippen LogP contribution in [0.5, 0.6) is 5.75 Å². The Kier molecular flexibility index (Phi) is 7.20. The topological polar surface area (TPSA) is 77.9 Å². The monoisotopic (exact) mass is 472 g/mol. The maximum Gasteiger partial charge on any atom is 0.280 e. The molecule has 1 aliphatic heterocycles. The number of rotatable bonds is 7. The molecule has 0 bridgehead atoms. The number of amides is 1. The molecule has 9 heteroatoms. The predicted octanol–water partition coefficient (Wildman–Crippen LogP) is 3.94. The maximum atomic E-state index is 11.2. The van der Waals surface area contributed by atoms with Gasteiger partial charge in [0.05, 0.1) is 15.2 Å². The summed E-state index contributed by atoms with van der Waals surface area (Å²) in [6.45, 7) is 8.31. The Bertz CT molecular complexity index is 1100. The number of fused-ring (bicyclic) bond motifs is 1. The van der Waals surface area contributed by atoms with E-state index in [0.717, 1.165) is 64.1 Å². The fraction of sp³-hybridized carbons (Fsp3) is 0.391. The lowest BCUT2D eigenvalue weighted by atomic mass is 10.1. The zero-order chi connectivity index (χ0) is 22.7. The van der Waals surface area contributed by atoms with Gasteiger partial charge in [-0.05, 0) is 49.7 Å². The molecule has 0 radical (unpaired) electrons. The van der Waals surface area contributed by atoms with Gasteiger partial charge in [0.2, 0.25) is 0 Å². The number of aliphatic hydroxyl groups is 1. The van der Waals surface area contributed by atoms with Crippen LogP contribution in [0.25, 0.3) is 10.2 Å². The lowest BCUT2D eigenvalue weighted by Crippen LogP contribution is -2.49. The highest BCUT2D eigenvalue weighted by Crippen LogP contribution is 2.26. The number of hydrogen-bond acceptors (Lipinski definition) is 7. The minimum Gasteiger partial charge on any atom is -0.491 e. The highest BCUT2D eigenvalue weighted by molar-refractivity contribution is 7.96. The Labute approximate surface area is 197 Å². The number of ether oxygens (including phenoxy) is 1. The lowest BCUT2D eigenvalue weighted by Gasteiger charge is -2.37. The Morgan fingerprint density at radius 1 is 1.22 bits per heavy atom. The molecular weight excluding hydrogens is 444 g/mol. The first-order chi connectivity index (χ1) is 15.4. The van der Waals surface area contributed by atoms with Gasteiger partial charge in [-0.25, -0.2) is 4.98 Å². The molecule has 1 aliphatic rings. The van der Waals surface area contributed by atoms with Crippen molar-refractivity contribution in [3.05, 3.63) is 47.0 Å². The van der Waals surface area contributed by atoms with Gasteiger partial charge in [-0.1, -0.05) is 12.6 Å². The average Bonchev–Trinajstić information content (AvgIpc) is 3.13. The first kappa shape index (κ1) is 22.8. The van der Waals surface area contributed by atoms with Crippen molar-refractivity contribution in [2.75, 3.05) is 49.5 Å². The van der Waals surface area contributed by atoms with Gasteiger partial charge in [0.25, 0.3) is 5.24 Å². The third-order valence-corrected chi connectivity index (χ3v) is 6.63. The van der Waals surface area contributed by atoms with Gasteiger partial charge in [0.15, 0.2) is 0 Å². The summed E-state index contributed by atoms with van der Waals surface area (Å²) in [7, 11) is 0. The second-order valence-corrected chi connectivity index (χ2v) is 9.69. The van der Waals surface area contributed by atoms with Crippen molar-refractivity contribution in [3.63, 3.8) is 0 Å². The average molecular weight is 473 g/mol. The quantitative estimate of drug-likeness (QED) is 0.452. The fourth-order valence-corrected chi connectivity index (χ4v) is 4.87. The SMILES string of the molecule is Cc1nc2cc(OCC(O)CN3CCN(c4ccc(NC(=O)S)c(C)c4)CC3)ccc2s1. The van der Waals surface area contributed by atoms with Crippen LogP contribution in [0.2, 0.25) is 0 Å². The molecule has 2 heterocycles. The Balaban J connectivity index is 1.24. The third-order valence-electron chi connectivity index (χ3n) is 5.57. The molecule has 4 rings (SSSR count). The molecule has 0 saturated carbocycles. The largest absolute Gasteiger partial charge is 0.491 e. The van der Waals surface area contributed by atoms with Gasteiger partial charge in [-0.3, -0.25) is 9.69 Å². The Hall–Kier alpha value is -2.33. The summed E-state index contributed by atoms with van der Waals surface area (Å²) in [6, 6.07) is 11.9. The van der Waals surface area contributed by atoms with E-state index in [-0.39, 0.29) is 11.8 Å². The molecule has 1 aromatic heterocycles. The normalized spacial score (nSPS) is 15.7. The summed E-state index contributed by atoms with van der Waals surface area (Å²) < 4.78 is 6.95. The highest BCUT2D eigenvalue weighted by atomic mass is 32.1. The van der Waals surface area contributed by atoms with E-state index >= 15 is 0 Å². The number of piperazine rings is 1. The second kappa shape index (κ2) is 10.1. The van der Waals surface area contributed by atoms with Crippen molar-refractivity contribution < 1.29 is 14.6 Å². The fourth-order valence-electron chi connectivity index (χ4n) is 3.94. The van der Waals surface area contributed by atoms with Crippen molar-refractivity contribution in [2.45, 2.75) is 20.0 Å². The van der Waals surface area contributed by atoms with E-state index in [4.69, 9.17) is 4.74 Å². The molecule has 32 heavy (non-hydrogen) atoms. The first-order valence-electron chi connectivity index (χ1n) is 10.6. The zero-order valence-corrected chi connectivity index (χ0v) is 20.0. The van der Waals surface area contributed by atoms with Crippen molar-refractivity contribution >= 4 is 50.8 Å². The number of anilines is 2. The number of carbonyl (C=O) groups excluding carboxylic acids is 1. The summed E-state index contributed by atoms with van der Waals surface area (Å²) in [5, 5.41) is 13.9. The summed E-state index contributed by atoms with van der Waals surface area (Å²) in [4.78, 5) is 20.2. The highest BCUT2D eigenvalue weighted by Gasteiger charge is 2.20. The van der Waals surface area contributed by atoms with E-state index in [9.17, 15) is 9.90 Å². The number of thiazole rings is 1. The Morgan fingerprint density at radius 2 is 2.00 bits per heavy atom. The van der Waals surface area contributed by atoms with Crippen molar-refractivity contribution in [1.29, 1.82) is 0 Å². The van der Waals surface area contributed by atoms with Gasteiger partial charge in [-0.15, -0.1) is 11.3 Å². The van der Waals surface area contributed by atoms with Crippen LogP contribution in [0.4, 0.5) is 16.2 Å². The summed E-state index contributed by atoms with van der Waals surface area (Å²) in [5.41, 5.74) is 3.85. The standard InChI is InChI=1S/C23H28N4O3S2/c1-15-11-17(3-5-20(15)25-23(29)31)27-9-7-26(8-10-27)13-18(28)14-30-19-4-6-22-21(12-19)24-16(2)32-22/h3-6,11-12,18,28H,7-10,13-14H2,1-2H3,(H2,25,29,31). The van der Waals surface area contributed by atoms with Crippen LogP contribution in [-0.2, 0) is 0 Å². The van der Waals surface area contributed by atoms with Gasteiger partial charge in [0.1, 0.15) is 18.5 Å². The van der Waals surface area contributed by atoms with Gasteiger partial charge in [-0.2, -0.15) is 0 Å². The molecule has 1 amide bonds. The predicted molar refractivity (Wildman–Crippen MR) is 134 cm³/mol. The summed E-state index contributed by atoms with van der Waals surface area (Å²) >= 11 is 5.44. The van der Waals surface area contributed by atoms with E-state index in [1.807, 2.05) is 44.2 Å². The van der Waals surface area contributed by atoms with E-state index in [0.29, 0.717) is 6.54 Å². The summed E-state index contributed by atoms with van der Waals surface area (Å²) in [6.07, 6.45) is -0.555. The smallest absolute Gasteiger partial charge is 0.280 e. The van der Waals surface area contributed by atoms with Gasteiger partial charge < -0.3 is 20.1 Å². The molecule has 1 unspecified atom stereocenters. The van der Waals surface area contributed by atoms with Crippen molar-refractivity contribution in [2.24, 2.45) is 0 Å². The van der Waals surface area contributed by atoms with E-state index < -0.39 is 6.10 Å². The number of aliphatic hydroxyl groups excluding tert-OH is 1. The van der Waals surface area contributed by atoms with Gasteiger partial charge in [0, 0.05) is 50.2 Å². The number of nitrogens with one attached hydrogen (secondary N) is 1. The van der Waals surface area contributed by atoms with Crippen LogP contribution in [0.3, 0.4) is 0 Å². The van der Waals surface area contributed by atoms with Crippen LogP contribution in [-0.4, -0.2) is 65.7 Å². The lowest BCUT2D eigenvalue weighted by molar-refractivity contribution is 0.0663. The number of β-amino-alcohol motifs (C(OH)–C–C–N with tert-alkyl or cyclic N) is 1. The van der Waals surface area contributed by atoms with Crippen LogP contribution >= 0.6 is 24.0 Å². The molecule has 1 saturated heterocycles. The van der Waals surface area contributed by atoms with Crippen LogP contribution in [0.15, 0.2) is 36.4 Å². The van der Waals surface area contributed by atoms with Crippen molar-refractivity contribution in [1.82, 2.24) is 9.88 Å².